The number of aromatic nitrogens is 3. The molecule has 0 spiro atoms. The Balaban J connectivity index is 1.75. The van der Waals surface area contributed by atoms with Gasteiger partial charge in [0.15, 0.2) is 11.0 Å². The van der Waals surface area contributed by atoms with E-state index in [2.05, 4.69) is 10.2 Å². The van der Waals surface area contributed by atoms with Crippen LogP contribution in [0, 0.1) is 0 Å². The van der Waals surface area contributed by atoms with E-state index in [1.807, 2.05) is 29.1 Å². The smallest absolute Gasteiger partial charge is 0.341 e. The summed E-state index contributed by atoms with van der Waals surface area (Å²) in [6.45, 7) is 0. The van der Waals surface area contributed by atoms with Gasteiger partial charge in [-0.25, -0.2) is 4.79 Å². The monoisotopic (exact) mass is 335 g/mol. The first-order valence-corrected chi connectivity index (χ1v) is 8.28. The molecule has 114 valence electrons. The summed E-state index contributed by atoms with van der Waals surface area (Å²) in [7, 11) is 3.27. The van der Waals surface area contributed by atoms with E-state index in [1.54, 1.807) is 17.4 Å². The van der Waals surface area contributed by atoms with Gasteiger partial charge in [0.25, 0.3) is 0 Å². The Labute approximate surface area is 135 Å². The van der Waals surface area contributed by atoms with E-state index in [9.17, 15) is 4.79 Å². The molecule has 3 rings (SSSR count). The molecule has 0 aliphatic heterocycles. The number of methoxy groups -OCH3 is 1. The molecule has 0 unspecified atom stereocenters. The quantitative estimate of drug-likeness (QED) is 0.527. The van der Waals surface area contributed by atoms with Gasteiger partial charge in [0, 0.05) is 7.05 Å². The molecule has 6 nitrogen and oxygen atoms in total. The maximum atomic E-state index is 11.6. The zero-order valence-electron chi connectivity index (χ0n) is 12.0. The minimum atomic E-state index is -0.401. The Morgan fingerprint density at radius 1 is 1.45 bits per heavy atom. The predicted molar refractivity (Wildman–Crippen MR) is 83.9 cm³/mol. The first kappa shape index (κ1) is 14.9. The van der Waals surface area contributed by atoms with Gasteiger partial charge in [-0.1, -0.05) is 17.8 Å². The van der Waals surface area contributed by atoms with E-state index < -0.39 is 5.97 Å². The number of nitrogens with zero attached hydrogens (tertiary/aromatic N) is 3. The molecule has 0 radical (unpaired) electrons. The summed E-state index contributed by atoms with van der Waals surface area (Å²) in [6, 6.07) is 5.59. The first-order chi connectivity index (χ1) is 10.7. The summed E-state index contributed by atoms with van der Waals surface area (Å²) >= 11 is 3.07. The molecule has 0 aliphatic rings. The van der Waals surface area contributed by atoms with Crippen LogP contribution in [-0.4, -0.2) is 27.8 Å². The molecule has 0 amide bonds. The van der Waals surface area contributed by atoms with Gasteiger partial charge in [0.05, 0.1) is 24.0 Å². The second kappa shape index (κ2) is 6.37. The van der Waals surface area contributed by atoms with Crippen molar-refractivity contribution in [2.75, 3.05) is 7.11 Å². The average molecular weight is 335 g/mol. The van der Waals surface area contributed by atoms with Crippen LogP contribution in [0.3, 0.4) is 0 Å². The molecule has 8 heteroatoms. The van der Waals surface area contributed by atoms with Crippen molar-refractivity contribution in [1.82, 2.24) is 14.8 Å². The van der Waals surface area contributed by atoms with E-state index >= 15 is 0 Å². The van der Waals surface area contributed by atoms with E-state index in [4.69, 9.17) is 9.15 Å². The molecule has 0 fully saturated rings. The number of ether oxygens (including phenoxy) is 1. The number of esters is 1. The maximum Gasteiger partial charge on any atom is 0.341 e. The van der Waals surface area contributed by atoms with Gasteiger partial charge in [0.2, 0.25) is 0 Å². The third-order valence-corrected chi connectivity index (χ3v) is 4.95. The normalized spacial score (nSPS) is 10.8. The molecule has 0 saturated heterocycles. The first-order valence-electron chi connectivity index (χ1n) is 6.41. The van der Waals surface area contributed by atoms with Crippen LogP contribution in [0.25, 0.3) is 10.7 Å². The second-order valence-electron chi connectivity index (χ2n) is 4.38. The van der Waals surface area contributed by atoms with E-state index in [0.717, 1.165) is 15.9 Å². The predicted octanol–water partition coefficient (Wildman–Crippen LogP) is 3.22. The van der Waals surface area contributed by atoms with Crippen LogP contribution in [0.1, 0.15) is 16.1 Å². The molecule has 3 aromatic rings. The van der Waals surface area contributed by atoms with Gasteiger partial charge < -0.3 is 13.7 Å². The largest absolute Gasteiger partial charge is 0.468 e. The van der Waals surface area contributed by atoms with E-state index in [0.29, 0.717) is 17.1 Å². The van der Waals surface area contributed by atoms with Crippen LogP contribution in [0.5, 0.6) is 0 Å². The van der Waals surface area contributed by atoms with Gasteiger partial charge in [-0.05, 0) is 17.5 Å². The fourth-order valence-corrected chi connectivity index (χ4v) is 3.54. The number of furan rings is 1. The van der Waals surface area contributed by atoms with Crippen LogP contribution in [-0.2, 0) is 17.5 Å². The standard InChI is InChI=1S/C14H13N3O3S2/c1-17-12(11-4-3-7-21-11)15-16-14(17)22-8-10-9(5-6-20-10)13(18)19-2/h3-7H,8H2,1-2H3. The summed E-state index contributed by atoms with van der Waals surface area (Å²) in [5, 5.41) is 11.2. The molecule has 0 aliphatic carbocycles. The minimum absolute atomic E-state index is 0.401. The van der Waals surface area contributed by atoms with E-state index in [-0.39, 0.29) is 0 Å². The SMILES string of the molecule is COC(=O)c1ccoc1CSc1nnc(-c2cccs2)n1C. The van der Waals surface area contributed by atoms with Crippen molar-refractivity contribution in [1.29, 1.82) is 0 Å². The maximum absolute atomic E-state index is 11.6. The Hall–Kier alpha value is -2.06. The van der Waals surface area contributed by atoms with E-state index in [1.165, 1.54) is 25.1 Å². The zero-order valence-corrected chi connectivity index (χ0v) is 13.6. The summed E-state index contributed by atoms with van der Waals surface area (Å²) in [5.41, 5.74) is 0.440. The van der Waals surface area contributed by atoms with Gasteiger partial charge in [-0.3, -0.25) is 0 Å². The number of hydrogen-bond acceptors (Lipinski definition) is 7. The second-order valence-corrected chi connectivity index (χ2v) is 6.27. The molecule has 0 atom stereocenters. The molecule has 3 heterocycles. The van der Waals surface area contributed by atoms with Gasteiger partial charge >= 0.3 is 5.97 Å². The van der Waals surface area contributed by atoms with Crippen LogP contribution in [0.2, 0.25) is 0 Å². The lowest BCUT2D eigenvalue weighted by Gasteiger charge is -2.02. The number of carbonyl (C=O) groups excluding carboxylic acids is 1. The van der Waals surface area contributed by atoms with Crippen molar-refractivity contribution >= 4 is 29.1 Å². The number of thiophene rings is 1. The summed E-state index contributed by atoms with van der Waals surface area (Å²) in [4.78, 5) is 12.7. The molecule has 0 aromatic carbocycles. The fourth-order valence-electron chi connectivity index (χ4n) is 1.94. The van der Waals surface area contributed by atoms with Crippen LogP contribution >= 0.6 is 23.1 Å². The van der Waals surface area contributed by atoms with Crippen molar-refractivity contribution in [3.63, 3.8) is 0 Å². The number of thioether (sulfide) groups is 1. The van der Waals surface area contributed by atoms with Crippen LogP contribution in [0.15, 0.2) is 39.4 Å². The van der Waals surface area contributed by atoms with Crippen LogP contribution in [0.4, 0.5) is 0 Å². The fraction of sp³-hybridized carbons (Fsp3) is 0.214. The molecule has 0 bridgehead atoms. The highest BCUT2D eigenvalue weighted by atomic mass is 32.2. The van der Waals surface area contributed by atoms with Crippen molar-refractivity contribution in [2.24, 2.45) is 7.05 Å². The number of rotatable bonds is 5. The molecule has 22 heavy (non-hydrogen) atoms. The molecular formula is C14H13N3O3S2. The zero-order chi connectivity index (χ0) is 15.5. The lowest BCUT2D eigenvalue weighted by Crippen LogP contribution is -2.02. The molecular weight excluding hydrogens is 322 g/mol. The number of carbonyl (C=O) groups is 1. The summed E-state index contributed by atoms with van der Waals surface area (Å²) in [5.74, 6) is 1.47. The third-order valence-electron chi connectivity index (χ3n) is 3.06. The van der Waals surface area contributed by atoms with Gasteiger partial charge in [0.1, 0.15) is 11.3 Å². The van der Waals surface area contributed by atoms with Crippen LogP contribution < -0.4 is 0 Å². The summed E-state index contributed by atoms with van der Waals surface area (Å²) < 4.78 is 12.0. The molecule has 3 aromatic heterocycles. The van der Waals surface area contributed by atoms with Crippen molar-refractivity contribution in [3.05, 3.63) is 41.2 Å². The van der Waals surface area contributed by atoms with Crippen molar-refractivity contribution in [2.45, 2.75) is 10.9 Å². The molecule has 0 saturated carbocycles. The lowest BCUT2D eigenvalue weighted by molar-refractivity contribution is 0.0598. The van der Waals surface area contributed by atoms with Gasteiger partial charge in [-0.15, -0.1) is 21.5 Å². The Kier molecular flexibility index (Phi) is 4.30. The number of hydrogen-bond donors (Lipinski definition) is 0. The topological polar surface area (TPSA) is 70.2 Å². The molecule has 0 N–H and O–H groups in total. The van der Waals surface area contributed by atoms with Crippen molar-refractivity contribution in [3.8, 4) is 10.7 Å². The lowest BCUT2D eigenvalue weighted by atomic mass is 10.3. The highest BCUT2D eigenvalue weighted by Crippen LogP contribution is 2.28. The Bertz CT molecular complexity index is 777. The summed E-state index contributed by atoms with van der Waals surface area (Å²) in [6.07, 6.45) is 1.48. The third kappa shape index (κ3) is 2.79. The van der Waals surface area contributed by atoms with Gasteiger partial charge in [-0.2, -0.15) is 0 Å². The Morgan fingerprint density at radius 3 is 3.05 bits per heavy atom. The Morgan fingerprint density at radius 2 is 2.32 bits per heavy atom. The highest BCUT2D eigenvalue weighted by Gasteiger charge is 2.17. The van der Waals surface area contributed by atoms with Crippen molar-refractivity contribution < 1.29 is 13.9 Å². The average Bonchev–Trinajstić information content (AvgIpc) is 3.25. The highest BCUT2D eigenvalue weighted by molar-refractivity contribution is 7.98. The minimum Gasteiger partial charge on any atom is -0.468 e.